The van der Waals surface area contributed by atoms with E-state index >= 15 is 0 Å². The molecule has 2 atom stereocenters. The van der Waals surface area contributed by atoms with Gasteiger partial charge in [0.15, 0.2) is 0 Å². The number of rotatable bonds is 8. The molecule has 0 aromatic carbocycles. The second-order valence-electron chi connectivity index (χ2n) is 6.01. The molecule has 0 saturated heterocycles. The van der Waals surface area contributed by atoms with Gasteiger partial charge in [0, 0.05) is 27.3 Å². The maximum atomic E-state index is 12.2. The normalized spacial score (nSPS) is 22.5. The van der Waals surface area contributed by atoms with Crippen LogP contribution in [0.1, 0.15) is 20.3 Å². The molecule has 7 heteroatoms. The van der Waals surface area contributed by atoms with Gasteiger partial charge in [0.25, 0.3) is 0 Å². The number of aliphatic carboxylic acids is 1. The molecule has 0 spiro atoms. The Kier molecular flexibility index (Phi) is 5.71. The van der Waals surface area contributed by atoms with E-state index in [4.69, 9.17) is 9.84 Å². The lowest BCUT2D eigenvalue weighted by atomic mass is 10.1. The van der Waals surface area contributed by atoms with Crippen LogP contribution in [0.5, 0.6) is 0 Å². The van der Waals surface area contributed by atoms with Gasteiger partial charge in [-0.15, -0.1) is 0 Å². The van der Waals surface area contributed by atoms with Crippen LogP contribution in [0.2, 0.25) is 0 Å². The highest BCUT2D eigenvalue weighted by Gasteiger charge is 2.66. The summed E-state index contributed by atoms with van der Waals surface area (Å²) < 4.78 is 4.87. The van der Waals surface area contributed by atoms with Crippen LogP contribution in [0.4, 0.5) is 0 Å². The SMILES string of the molecule is COCCCNC(=O)CN(C)C(=O)C1C(C(=O)O)C1(C)C. The van der Waals surface area contributed by atoms with Crippen LogP contribution in [0.15, 0.2) is 0 Å². The van der Waals surface area contributed by atoms with Gasteiger partial charge in [-0.25, -0.2) is 0 Å². The van der Waals surface area contributed by atoms with E-state index in [1.54, 1.807) is 21.0 Å². The molecule has 0 aliphatic heterocycles. The maximum Gasteiger partial charge on any atom is 0.307 e. The number of hydrogen-bond acceptors (Lipinski definition) is 4. The van der Waals surface area contributed by atoms with Crippen molar-refractivity contribution in [3.63, 3.8) is 0 Å². The highest BCUT2D eigenvalue weighted by molar-refractivity contribution is 5.93. The highest BCUT2D eigenvalue weighted by atomic mass is 16.5. The summed E-state index contributed by atoms with van der Waals surface area (Å²) in [6, 6.07) is 0. The summed E-state index contributed by atoms with van der Waals surface area (Å²) in [6.07, 6.45) is 0.705. The molecule has 0 radical (unpaired) electrons. The number of hydrogen-bond donors (Lipinski definition) is 2. The molecular weight excluding hydrogens is 276 g/mol. The molecule has 0 aromatic rings. The molecule has 2 N–H and O–H groups in total. The summed E-state index contributed by atoms with van der Waals surface area (Å²) in [5, 5.41) is 11.8. The Labute approximate surface area is 124 Å². The Morgan fingerprint density at radius 1 is 1.29 bits per heavy atom. The molecule has 2 amide bonds. The highest BCUT2D eigenvalue weighted by Crippen LogP contribution is 2.58. The first kappa shape index (κ1) is 17.4. The minimum Gasteiger partial charge on any atom is -0.481 e. The zero-order valence-electron chi connectivity index (χ0n) is 13.0. The molecule has 21 heavy (non-hydrogen) atoms. The largest absolute Gasteiger partial charge is 0.481 e. The molecule has 1 saturated carbocycles. The maximum absolute atomic E-state index is 12.2. The fraction of sp³-hybridized carbons (Fsp3) is 0.786. The second kappa shape index (κ2) is 6.89. The molecule has 1 aliphatic carbocycles. The fourth-order valence-corrected chi connectivity index (χ4v) is 2.59. The van der Waals surface area contributed by atoms with E-state index in [-0.39, 0.29) is 18.4 Å². The van der Waals surface area contributed by atoms with Crippen LogP contribution in [0, 0.1) is 17.3 Å². The predicted molar refractivity (Wildman–Crippen MR) is 75.5 cm³/mol. The second-order valence-corrected chi connectivity index (χ2v) is 6.01. The van der Waals surface area contributed by atoms with Crippen LogP contribution < -0.4 is 5.32 Å². The average Bonchev–Trinajstić information content (AvgIpc) is 2.96. The number of ether oxygens (including phenoxy) is 1. The number of likely N-dealkylation sites (N-methyl/N-ethyl adjacent to an activating group) is 1. The van der Waals surface area contributed by atoms with Crippen molar-refractivity contribution in [1.29, 1.82) is 0 Å². The molecule has 120 valence electrons. The van der Waals surface area contributed by atoms with E-state index in [0.29, 0.717) is 19.6 Å². The Morgan fingerprint density at radius 2 is 1.90 bits per heavy atom. The van der Waals surface area contributed by atoms with Crippen molar-refractivity contribution in [2.75, 3.05) is 33.9 Å². The third-order valence-electron chi connectivity index (χ3n) is 3.96. The number of carbonyl (C=O) groups excluding carboxylic acids is 2. The van der Waals surface area contributed by atoms with Crippen molar-refractivity contribution < 1.29 is 24.2 Å². The van der Waals surface area contributed by atoms with Gasteiger partial charge in [0.1, 0.15) is 0 Å². The van der Waals surface area contributed by atoms with E-state index in [0.717, 1.165) is 0 Å². The van der Waals surface area contributed by atoms with Crippen LogP contribution >= 0.6 is 0 Å². The van der Waals surface area contributed by atoms with Crippen molar-refractivity contribution in [2.45, 2.75) is 20.3 Å². The van der Waals surface area contributed by atoms with Crippen molar-refractivity contribution in [3.05, 3.63) is 0 Å². The van der Waals surface area contributed by atoms with Gasteiger partial charge in [0.05, 0.1) is 18.4 Å². The monoisotopic (exact) mass is 300 g/mol. The number of nitrogens with one attached hydrogen (secondary N) is 1. The molecule has 0 aromatic heterocycles. The lowest BCUT2D eigenvalue weighted by Gasteiger charge is -2.17. The van der Waals surface area contributed by atoms with Crippen LogP contribution in [0.3, 0.4) is 0 Å². The van der Waals surface area contributed by atoms with E-state index in [1.807, 2.05) is 0 Å². The van der Waals surface area contributed by atoms with E-state index in [9.17, 15) is 14.4 Å². The van der Waals surface area contributed by atoms with Crippen molar-refractivity contribution in [1.82, 2.24) is 10.2 Å². The first-order chi connectivity index (χ1) is 9.73. The van der Waals surface area contributed by atoms with Crippen molar-refractivity contribution in [3.8, 4) is 0 Å². The van der Waals surface area contributed by atoms with Gasteiger partial charge in [-0.3, -0.25) is 14.4 Å². The summed E-state index contributed by atoms with van der Waals surface area (Å²) in [5.74, 6) is -2.74. The summed E-state index contributed by atoms with van der Waals surface area (Å²) in [5.41, 5.74) is -0.549. The summed E-state index contributed by atoms with van der Waals surface area (Å²) in [4.78, 5) is 36.3. The molecule has 0 bridgehead atoms. The average molecular weight is 300 g/mol. The van der Waals surface area contributed by atoms with Gasteiger partial charge in [-0.2, -0.15) is 0 Å². The van der Waals surface area contributed by atoms with Crippen LogP contribution in [-0.2, 0) is 19.1 Å². The summed E-state index contributed by atoms with van der Waals surface area (Å²) in [7, 11) is 3.11. The molecule has 7 nitrogen and oxygen atoms in total. The third-order valence-corrected chi connectivity index (χ3v) is 3.96. The molecule has 0 heterocycles. The Hall–Kier alpha value is -1.63. The Balaban J connectivity index is 2.42. The predicted octanol–water partition coefficient (Wildman–Crippen LogP) is -0.0457. The van der Waals surface area contributed by atoms with Crippen LogP contribution in [0.25, 0.3) is 0 Å². The topological polar surface area (TPSA) is 95.9 Å². The van der Waals surface area contributed by atoms with Crippen molar-refractivity contribution in [2.24, 2.45) is 17.3 Å². The Bertz CT molecular complexity index is 422. The van der Waals surface area contributed by atoms with Crippen LogP contribution in [-0.4, -0.2) is 61.6 Å². The lowest BCUT2D eigenvalue weighted by Crippen LogP contribution is -2.40. The van der Waals surface area contributed by atoms with E-state index in [1.165, 1.54) is 11.9 Å². The van der Waals surface area contributed by atoms with Gasteiger partial charge in [-0.1, -0.05) is 13.8 Å². The van der Waals surface area contributed by atoms with E-state index in [2.05, 4.69) is 5.32 Å². The first-order valence-electron chi connectivity index (χ1n) is 6.97. The fourth-order valence-electron chi connectivity index (χ4n) is 2.59. The third kappa shape index (κ3) is 4.17. The molecule has 1 rings (SSSR count). The minimum atomic E-state index is -0.962. The number of carboxylic acid groups (broad SMARTS) is 1. The van der Waals surface area contributed by atoms with Gasteiger partial charge in [-0.05, 0) is 11.8 Å². The lowest BCUT2D eigenvalue weighted by molar-refractivity contribution is -0.142. The molecular formula is C14H24N2O5. The number of amides is 2. The molecule has 1 fully saturated rings. The Morgan fingerprint density at radius 3 is 2.38 bits per heavy atom. The zero-order chi connectivity index (χ0) is 16.2. The number of methoxy groups -OCH3 is 1. The standard InChI is InChI=1S/C14H24N2O5/c1-14(2)10(11(14)13(19)20)12(18)16(3)8-9(17)15-6-5-7-21-4/h10-11H,5-8H2,1-4H3,(H,15,17)(H,19,20). The number of carboxylic acids is 1. The zero-order valence-corrected chi connectivity index (χ0v) is 13.0. The van der Waals surface area contributed by atoms with Gasteiger partial charge in [0.2, 0.25) is 11.8 Å². The first-order valence-corrected chi connectivity index (χ1v) is 6.97. The van der Waals surface area contributed by atoms with Crippen molar-refractivity contribution >= 4 is 17.8 Å². The minimum absolute atomic E-state index is 0.0647. The number of nitrogens with zero attached hydrogens (tertiary/aromatic N) is 1. The molecule has 1 aliphatic rings. The van der Waals surface area contributed by atoms with Gasteiger partial charge >= 0.3 is 5.97 Å². The molecule has 2 unspecified atom stereocenters. The summed E-state index contributed by atoms with van der Waals surface area (Å²) in [6.45, 7) is 4.50. The smallest absolute Gasteiger partial charge is 0.307 e. The van der Waals surface area contributed by atoms with Gasteiger partial charge < -0.3 is 20.1 Å². The van der Waals surface area contributed by atoms with E-state index < -0.39 is 23.2 Å². The summed E-state index contributed by atoms with van der Waals surface area (Å²) >= 11 is 0. The number of carbonyl (C=O) groups is 3. The quantitative estimate of drug-likeness (QED) is 0.613.